The van der Waals surface area contributed by atoms with E-state index in [1.807, 2.05) is 0 Å². The molecule has 0 saturated carbocycles. The SMILES string of the molecule is O=C(O)[C@H]1CCN(C(=O)c2ccc(Oc3ccc(F)cc3F)cc2)C1. The number of amides is 1. The highest BCUT2D eigenvalue weighted by atomic mass is 19.1. The summed E-state index contributed by atoms with van der Waals surface area (Å²) in [4.78, 5) is 24.8. The zero-order valence-electron chi connectivity index (χ0n) is 13.1. The Morgan fingerprint density at radius 2 is 1.84 bits per heavy atom. The Kier molecular flexibility index (Phi) is 4.65. The molecule has 25 heavy (non-hydrogen) atoms. The summed E-state index contributed by atoms with van der Waals surface area (Å²) in [5.74, 6) is -3.04. The van der Waals surface area contributed by atoms with E-state index >= 15 is 0 Å². The van der Waals surface area contributed by atoms with E-state index in [0.717, 1.165) is 12.1 Å². The Balaban J connectivity index is 1.68. The van der Waals surface area contributed by atoms with E-state index in [2.05, 4.69) is 0 Å². The van der Waals surface area contributed by atoms with Gasteiger partial charge in [0.1, 0.15) is 11.6 Å². The molecule has 1 aliphatic rings. The van der Waals surface area contributed by atoms with Crippen molar-refractivity contribution in [2.24, 2.45) is 5.92 Å². The Morgan fingerprint density at radius 1 is 1.12 bits per heavy atom. The third-order valence-electron chi connectivity index (χ3n) is 4.05. The number of nitrogens with zero attached hydrogens (tertiary/aromatic N) is 1. The van der Waals surface area contributed by atoms with E-state index in [9.17, 15) is 18.4 Å². The molecule has 0 aromatic heterocycles. The van der Waals surface area contributed by atoms with Crippen LogP contribution in [0.2, 0.25) is 0 Å². The third-order valence-corrected chi connectivity index (χ3v) is 4.05. The van der Waals surface area contributed by atoms with Crippen molar-refractivity contribution in [1.82, 2.24) is 4.90 Å². The number of hydrogen-bond donors (Lipinski definition) is 1. The molecule has 0 bridgehead atoms. The summed E-state index contributed by atoms with van der Waals surface area (Å²) >= 11 is 0. The van der Waals surface area contributed by atoms with Crippen LogP contribution in [0.4, 0.5) is 8.78 Å². The topological polar surface area (TPSA) is 66.8 Å². The van der Waals surface area contributed by atoms with Crippen LogP contribution in [0.15, 0.2) is 42.5 Å². The first-order valence-electron chi connectivity index (χ1n) is 7.69. The molecule has 1 N–H and O–H groups in total. The fourth-order valence-electron chi connectivity index (χ4n) is 2.68. The molecule has 1 saturated heterocycles. The molecule has 7 heteroatoms. The molecular formula is C18H15F2NO4. The predicted octanol–water partition coefficient (Wildman–Crippen LogP) is 3.30. The first kappa shape index (κ1) is 16.9. The van der Waals surface area contributed by atoms with Crippen LogP contribution >= 0.6 is 0 Å². The summed E-state index contributed by atoms with van der Waals surface area (Å²) in [7, 11) is 0. The van der Waals surface area contributed by atoms with Gasteiger partial charge in [-0.2, -0.15) is 0 Å². The minimum Gasteiger partial charge on any atom is -0.481 e. The van der Waals surface area contributed by atoms with Gasteiger partial charge in [-0.05, 0) is 42.8 Å². The maximum atomic E-state index is 13.6. The number of carbonyl (C=O) groups excluding carboxylic acids is 1. The minimum atomic E-state index is -0.902. The first-order valence-corrected chi connectivity index (χ1v) is 7.69. The number of rotatable bonds is 4. The summed E-state index contributed by atoms with van der Waals surface area (Å²) in [6.45, 7) is 0.585. The molecule has 0 aliphatic carbocycles. The monoisotopic (exact) mass is 347 g/mol. The summed E-state index contributed by atoms with van der Waals surface area (Å²) < 4.78 is 31.8. The molecule has 2 aromatic rings. The molecule has 130 valence electrons. The van der Waals surface area contributed by atoms with Gasteiger partial charge in [-0.1, -0.05) is 0 Å². The lowest BCUT2D eigenvalue weighted by molar-refractivity contribution is -0.141. The second-order valence-electron chi connectivity index (χ2n) is 5.78. The van der Waals surface area contributed by atoms with Crippen molar-refractivity contribution in [3.05, 3.63) is 59.7 Å². The second-order valence-corrected chi connectivity index (χ2v) is 5.78. The normalized spacial score (nSPS) is 16.7. The zero-order valence-corrected chi connectivity index (χ0v) is 13.1. The van der Waals surface area contributed by atoms with Gasteiger partial charge in [0.15, 0.2) is 11.6 Å². The lowest BCUT2D eigenvalue weighted by Crippen LogP contribution is -2.29. The van der Waals surface area contributed by atoms with E-state index in [0.29, 0.717) is 24.3 Å². The smallest absolute Gasteiger partial charge is 0.308 e. The van der Waals surface area contributed by atoms with E-state index in [4.69, 9.17) is 9.84 Å². The highest BCUT2D eigenvalue weighted by Crippen LogP contribution is 2.26. The van der Waals surface area contributed by atoms with Crippen LogP contribution in [0.25, 0.3) is 0 Å². The van der Waals surface area contributed by atoms with Crippen molar-refractivity contribution in [2.45, 2.75) is 6.42 Å². The van der Waals surface area contributed by atoms with Gasteiger partial charge in [-0.25, -0.2) is 8.78 Å². The molecule has 1 amide bonds. The number of carbonyl (C=O) groups is 2. The molecule has 5 nitrogen and oxygen atoms in total. The van der Waals surface area contributed by atoms with Crippen LogP contribution in [0, 0.1) is 17.6 Å². The second kappa shape index (κ2) is 6.88. The summed E-state index contributed by atoms with van der Waals surface area (Å²) in [6.07, 6.45) is 0.437. The van der Waals surface area contributed by atoms with Gasteiger partial charge in [0.05, 0.1) is 5.92 Å². The summed E-state index contributed by atoms with van der Waals surface area (Å²) in [5, 5.41) is 8.99. The van der Waals surface area contributed by atoms with Crippen molar-refractivity contribution in [3.63, 3.8) is 0 Å². The highest BCUT2D eigenvalue weighted by Gasteiger charge is 2.31. The fourth-order valence-corrected chi connectivity index (χ4v) is 2.68. The standard InChI is InChI=1S/C18H15F2NO4/c19-13-3-6-16(15(20)9-13)25-14-4-1-11(2-5-14)17(22)21-8-7-12(10-21)18(23)24/h1-6,9,12H,7-8,10H2,(H,23,24)/t12-/m0/s1. The van der Waals surface area contributed by atoms with Crippen molar-refractivity contribution in [3.8, 4) is 11.5 Å². The zero-order chi connectivity index (χ0) is 18.0. The molecule has 1 fully saturated rings. The third kappa shape index (κ3) is 3.76. The van der Waals surface area contributed by atoms with E-state index in [1.165, 1.54) is 35.2 Å². The number of benzene rings is 2. The number of hydrogen-bond acceptors (Lipinski definition) is 3. The molecule has 1 aliphatic heterocycles. The predicted molar refractivity (Wildman–Crippen MR) is 84.5 cm³/mol. The van der Waals surface area contributed by atoms with E-state index < -0.39 is 23.5 Å². The molecule has 0 radical (unpaired) electrons. The lowest BCUT2D eigenvalue weighted by Gasteiger charge is -2.16. The number of halogens is 2. The molecule has 2 aromatic carbocycles. The van der Waals surface area contributed by atoms with Crippen LogP contribution in [0.3, 0.4) is 0 Å². The quantitative estimate of drug-likeness (QED) is 0.921. The van der Waals surface area contributed by atoms with Crippen molar-refractivity contribution < 1.29 is 28.2 Å². The van der Waals surface area contributed by atoms with Crippen molar-refractivity contribution in [2.75, 3.05) is 13.1 Å². The molecule has 1 heterocycles. The van der Waals surface area contributed by atoms with Crippen LogP contribution in [-0.2, 0) is 4.79 Å². The van der Waals surface area contributed by atoms with Gasteiger partial charge in [-0.15, -0.1) is 0 Å². The first-order chi connectivity index (χ1) is 11.9. The number of likely N-dealkylation sites (tertiary alicyclic amines) is 1. The Bertz CT molecular complexity index is 807. The molecule has 0 spiro atoms. The van der Waals surface area contributed by atoms with Crippen LogP contribution in [-0.4, -0.2) is 35.0 Å². The molecule has 3 rings (SSSR count). The van der Waals surface area contributed by atoms with Gasteiger partial charge in [-0.3, -0.25) is 9.59 Å². The number of aliphatic carboxylic acids is 1. The van der Waals surface area contributed by atoms with Crippen LogP contribution in [0.1, 0.15) is 16.8 Å². The number of ether oxygens (including phenoxy) is 1. The number of carboxylic acids is 1. The maximum Gasteiger partial charge on any atom is 0.308 e. The highest BCUT2D eigenvalue weighted by molar-refractivity contribution is 5.95. The van der Waals surface area contributed by atoms with Gasteiger partial charge >= 0.3 is 5.97 Å². The van der Waals surface area contributed by atoms with Gasteiger partial charge in [0, 0.05) is 24.7 Å². The maximum absolute atomic E-state index is 13.6. The van der Waals surface area contributed by atoms with E-state index in [-0.39, 0.29) is 18.2 Å². The largest absolute Gasteiger partial charge is 0.481 e. The minimum absolute atomic E-state index is 0.121. The fraction of sp³-hybridized carbons (Fsp3) is 0.222. The average molecular weight is 347 g/mol. The van der Waals surface area contributed by atoms with Crippen molar-refractivity contribution >= 4 is 11.9 Å². The van der Waals surface area contributed by atoms with Gasteiger partial charge in [0.2, 0.25) is 0 Å². The van der Waals surface area contributed by atoms with Gasteiger partial charge in [0.25, 0.3) is 5.91 Å². The Hall–Kier alpha value is -2.96. The van der Waals surface area contributed by atoms with Crippen molar-refractivity contribution in [1.29, 1.82) is 0 Å². The summed E-state index contributed by atoms with van der Waals surface area (Å²) in [5.41, 5.74) is 0.387. The van der Waals surface area contributed by atoms with Crippen LogP contribution < -0.4 is 4.74 Å². The lowest BCUT2D eigenvalue weighted by atomic mass is 10.1. The van der Waals surface area contributed by atoms with Gasteiger partial charge < -0.3 is 14.7 Å². The molecule has 1 atom stereocenters. The molecular weight excluding hydrogens is 332 g/mol. The van der Waals surface area contributed by atoms with Crippen LogP contribution in [0.5, 0.6) is 11.5 Å². The average Bonchev–Trinajstić information content (AvgIpc) is 3.08. The van der Waals surface area contributed by atoms with E-state index in [1.54, 1.807) is 0 Å². The Labute approximate surface area is 142 Å². The number of carboxylic acid groups (broad SMARTS) is 1. The summed E-state index contributed by atoms with van der Waals surface area (Å²) in [6, 6.07) is 9.03. The Morgan fingerprint density at radius 3 is 2.44 bits per heavy atom. The molecule has 0 unspecified atom stereocenters.